The molecule has 6 amide bonds. The van der Waals surface area contributed by atoms with Crippen LogP contribution in [0.25, 0.3) is 0 Å². The number of carboxylic acid groups (broad SMARTS) is 2. The number of carbonyl (C=O) groups excluding carboxylic acids is 14. The van der Waals surface area contributed by atoms with Crippen LogP contribution < -0.4 is 49.1 Å². The molecule has 3 aromatic rings. The maximum atomic E-state index is 11.8. The van der Waals surface area contributed by atoms with Gasteiger partial charge in [0.1, 0.15) is 37.9 Å². The minimum atomic E-state index is -1.25. The van der Waals surface area contributed by atoms with E-state index >= 15 is 0 Å². The van der Waals surface area contributed by atoms with Gasteiger partial charge >= 0.3 is 94.3 Å². The summed E-state index contributed by atoms with van der Waals surface area (Å²) < 4.78 is 56.3. The quantitative estimate of drug-likeness (QED) is 0.0108. The number of nitrogens with two attached hydrogens (primary N) is 3. The monoisotopic (exact) mass is 1950 g/mol. The maximum Gasteiger partial charge on any atom is 0.506 e. The molecule has 0 radical (unpaired) electrons. The average molecular weight is 1950 g/mol. The number of nitrogens with one attached hydrogen (secondary N) is 6. The maximum absolute atomic E-state index is 11.8. The topological polar surface area (TPSA) is 635 Å². The Labute approximate surface area is 788 Å². The predicted octanol–water partition coefficient (Wildman–Crippen LogP) is 9.97. The van der Waals surface area contributed by atoms with Gasteiger partial charge in [0.15, 0.2) is 12.1 Å². The Balaban J connectivity index is -0.000000270. The molecule has 0 spiro atoms. The highest BCUT2D eigenvalue weighted by Crippen LogP contribution is 2.07. The van der Waals surface area contributed by atoms with Gasteiger partial charge in [-0.1, -0.05) is 185 Å². The van der Waals surface area contributed by atoms with Gasteiger partial charge in [-0.2, -0.15) is 0 Å². The lowest BCUT2D eigenvalue weighted by Crippen LogP contribution is -2.53. The first-order valence-corrected chi connectivity index (χ1v) is 43.9. The van der Waals surface area contributed by atoms with Gasteiger partial charge in [0, 0.05) is 37.8 Å². The molecule has 132 heavy (non-hydrogen) atoms. The molecule has 0 heterocycles. The molecule has 0 aliphatic rings. The summed E-state index contributed by atoms with van der Waals surface area (Å²) in [5, 5.41) is 57.1. The van der Waals surface area contributed by atoms with Gasteiger partial charge < -0.3 is 131 Å². The highest BCUT2D eigenvalue weighted by Gasteiger charge is 2.27. The lowest BCUT2D eigenvalue weighted by atomic mass is 10.2. The van der Waals surface area contributed by atoms with E-state index in [0.717, 1.165) is 68.1 Å². The Hall–Kier alpha value is -11.0. The van der Waals surface area contributed by atoms with Crippen molar-refractivity contribution in [3.8, 4) is 0 Å². The molecule has 42 nitrogen and oxygen atoms in total. The van der Waals surface area contributed by atoms with E-state index in [4.69, 9.17) is 97.0 Å². The van der Waals surface area contributed by atoms with Crippen LogP contribution in [0.4, 0.5) is 33.6 Å². The number of ether oxygens (including phenoxy) is 12. The first-order valence-electron chi connectivity index (χ1n) is 42.7. The number of alkyl carbamates (subject to hydrolysis) is 1. The summed E-state index contributed by atoms with van der Waals surface area (Å²) in [4.78, 5) is 174. The fraction of sp³-hybridized carbons (Fsp3) is 0.609. The molecule has 17 N–H and O–H groups in total. The van der Waals surface area contributed by atoms with E-state index in [1.54, 1.807) is 69.2 Å². The molecule has 0 fully saturated rings. The minimum Gasteiger partial charge on any atom is -0.466 e. The van der Waals surface area contributed by atoms with E-state index in [2.05, 4.69) is 74.1 Å². The molecule has 0 saturated heterocycles. The molecule has 45 heteroatoms. The summed E-state index contributed by atoms with van der Waals surface area (Å²) in [5.74, 6) is -5.56. The second kappa shape index (κ2) is 93.3. The zero-order valence-electron chi connectivity index (χ0n) is 78.4. The van der Waals surface area contributed by atoms with Crippen LogP contribution in [-0.4, -0.2) is 255 Å². The Kier molecular flexibility index (Phi) is 94.7. The number of carbonyl (C=O) groups is 16. The van der Waals surface area contributed by atoms with E-state index < -0.39 is 120 Å². The second-order valence-corrected chi connectivity index (χ2v) is 28.3. The van der Waals surface area contributed by atoms with E-state index in [1.807, 2.05) is 126 Å². The molecular formula is C87H144Cl3N9O33. The first kappa shape index (κ1) is 134. The van der Waals surface area contributed by atoms with Crippen LogP contribution in [0.5, 0.6) is 0 Å². The zero-order valence-corrected chi connectivity index (χ0v) is 80.7. The van der Waals surface area contributed by atoms with Crippen LogP contribution >= 0.6 is 34.8 Å². The molecule has 3 rings (SSSR count). The fourth-order valence-corrected chi connectivity index (χ4v) is 7.72. The van der Waals surface area contributed by atoms with Gasteiger partial charge in [0.25, 0.3) is 0 Å². The van der Waals surface area contributed by atoms with Gasteiger partial charge in [0.05, 0.1) is 103 Å². The molecular weight excluding hydrogens is 1810 g/mol. The molecule has 9 unspecified atom stereocenters. The summed E-state index contributed by atoms with van der Waals surface area (Å²) in [6.45, 7) is 29.4. The molecule has 0 aliphatic carbocycles. The van der Waals surface area contributed by atoms with Crippen LogP contribution in [0.2, 0.25) is 0 Å². The number of esters is 9. The molecule has 0 aromatic heterocycles. The Morgan fingerprint density at radius 1 is 0.348 bits per heavy atom. The van der Waals surface area contributed by atoms with Crippen molar-refractivity contribution in [3.05, 3.63) is 108 Å². The fourth-order valence-electron chi connectivity index (χ4n) is 7.66. The van der Waals surface area contributed by atoms with Gasteiger partial charge in [-0.05, 0) is 114 Å². The lowest BCUT2D eigenvalue weighted by Gasteiger charge is -2.19. The van der Waals surface area contributed by atoms with E-state index in [0.29, 0.717) is 65.6 Å². The number of aliphatic hydroxyl groups is 3. The van der Waals surface area contributed by atoms with E-state index in [9.17, 15) is 71.9 Å². The predicted molar refractivity (Wildman–Crippen MR) is 489 cm³/mol. The smallest absolute Gasteiger partial charge is 0.466 e. The molecule has 756 valence electrons. The number of unbranched alkanes of at least 4 members (excludes halogenated alkanes) is 5. The summed E-state index contributed by atoms with van der Waals surface area (Å²) in [5.41, 5.74) is 17.6. The normalized spacial score (nSPS) is 11.7. The highest BCUT2D eigenvalue weighted by atomic mass is 35.5. The number of halogens is 3. The summed E-state index contributed by atoms with van der Waals surface area (Å²) in [7, 11) is 0. The van der Waals surface area contributed by atoms with Crippen LogP contribution in [0.1, 0.15) is 185 Å². The third kappa shape index (κ3) is 89.6. The van der Waals surface area contributed by atoms with Crippen molar-refractivity contribution in [2.45, 2.75) is 218 Å². The van der Waals surface area contributed by atoms with Crippen molar-refractivity contribution in [3.63, 3.8) is 0 Å². The van der Waals surface area contributed by atoms with Crippen molar-refractivity contribution >= 4 is 129 Å². The molecule has 0 saturated carbocycles. The van der Waals surface area contributed by atoms with Gasteiger partial charge in [-0.25, -0.2) is 43.2 Å². The van der Waals surface area contributed by atoms with Crippen molar-refractivity contribution in [1.82, 2.24) is 31.9 Å². The highest BCUT2D eigenvalue weighted by molar-refractivity contribution is 6.93. The minimum absolute atomic E-state index is 0.0914. The SMILES string of the molecule is CCCCOC(=O)C(C)N.CCCCOC(=O)C(C)NC(=O)NCC(C)C(=O)OCC.CCCCOC(=O)C(CO)NC(=O)NC(CO)C(=O)OCCCC.CCCCOC(=O)C(N)CO.CCOC(=O)C(C)CN.CCOC(=O)C(C)CNC(=O)O.CCOC(=O)C(C)CNC(=O)OCc1ccccc1.O=C(Cl)Cl.O=C(Cl)OCc1ccccc1.O=C(O)OCc1ccccc1. The second-order valence-electron chi connectivity index (χ2n) is 27.1. The number of aliphatic hydroxyl groups excluding tert-OH is 3. The van der Waals surface area contributed by atoms with Crippen molar-refractivity contribution in [1.29, 1.82) is 0 Å². The van der Waals surface area contributed by atoms with Crippen molar-refractivity contribution in [2.24, 2.45) is 40.9 Å². The molecule has 0 aliphatic heterocycles. The summed E-state index contributed by atoms with van der Waals surface area (Å²) >= 11 is 13.8. The van der Waals surface area contributed by atoms with Gasteiger partial charge in [0.2, 0.25) is 0 Å². The third-order valence-electron chi connectivity index (χ3n) is 15.2. The van der Waals surface area contributed by atoms with E-state index in [-0.39, 0.29) is 101 Å². The molecule has 0 bridgehead atoms. The number of rotatable bonds is 47. The van der Waals surface area contributed by atoms with Crippen molar-refractivity contribution in [2.75, 3.05) is 105 Å². The molecule has 3 aromatic carbocycles. The number of urea groups is 2. The number of amides is 6. The van der Waals surface area contributed by atoms with Crippen LogP contribution in [0.3, 0.4) is 0 Å². The standard InChI is InChI=1S/C15H28N2O7.C14H26N2O5.C14H19NO4.C8H7ClO2.C8H8O3.C7H13NO4.C7H15NO3.C7H15NO2.C6H13NO2.CCl2O/c1-3-5-7-23-13(20)11(9-18)16-15(22)17-12(10-19)14(21)24-8-6-4-2;1-5-7-8-21-13(18)11(4)16-14(19)15-9-10(3)12(17)20-6-2;1-3-18-13(16)11(2)9-15-14(17)19-10-12-7-5-4-6-8-12;2*9-8(10)11-6-7-4-2-1-3-5-7;1-3-12-6(9)5(2)4-8-7(10)11;1-2-3-4-11-7(10)6(8)5-9;1-3-4-5-10-7(9)6(2)8;1-3-9-6(8)5(2)4-7;2-1(3)4/h11-12,18-19H,3-10H2,1-2H3,(H2,16,17,22);10-11H,5-9H2,1-4H3,(H2,15,16,19);4-8,11H,3,9-10H2,1-2H3,(H,15,17);1-5H,6H2;1-5H,6H2,(H,9,10);5,8H,3-4H2,1-2H3,(H,10,11);6,9H,2-5,8H2,1H3;6H,3-5,8H2,1-2H3;5H,3-4,7H2,1-2H3;. The third-order valence-corrected chi connectivity index (χ3v) is 15.3. The average Bonchev–Trinajstić information content (AvgIpc) is 0.899. The lowest BCUT2D eigenvalue weighted by molar-refractivity contribution is -0.148. The van der Waals surface area contributed by atoms with E-state index in [1.165, 1.54) is 0 Å². The number of benzene rings is 3. The Morgan fingerprint density at radius 3 is 0.947 bits per heavy atom. The van der Waals surface area contributed by atoms with Gasteiger partial charge in [-0.15, -0.1) is 0 Å². The zero-order chi connectivity index (χ0) is 102. The van der Waals surface area contributed by atoms with Crippen LogP contribution in [-0.2, 0) is 120 Å². The van der Waals surface area contributed by atoms with Crippen LogP contribution in [0, 0.1) is 23.7 Å². The Morgan fingerprint density at radius 2 is 0.652 bits per heavy atom. The summed E-state index contributed by atoms with van der Waals surface area (Å²) in [6, 6.07) is 21.9. The Bertz CT molecular complexity index is 3470. The van der Waals surface area contributed by atoms with Crippen LogP contribution in [0.15, 0.2) is 91.0 Å². The number of hydrogen-bond acceptors (Lipinski definition) is 34. The summed E-state index contributed by atoms with van der Waals surface area (Å²) in [6.07, 6.45) is 5.59. The first-order chi connectivity index (χ1) is 62.5. The van der Waals surface area contributed by atoms with Crippen molar-refractivity contribution < 1.29 is 159 Å². The van der Waals surface area contributed by atoms with Gasteiger partial charge in [-0.3, -0.25) is 33.6 Å². The molecule has 9 atom stereocenters. The number of hydrogen-bond donors (Lipinski definition) is 14. The largest absolute Gasteiger partial charge is 0.506 e.